The summed E-state index contributed by atoms with van der Waals surface area (Å²) in [4.78, 5) is 26.1. The Morgan fingerprint density at radius 2 is 1.96 bits per heavy atom. The highest BCUT2D eigenvalue weighted by atomic mass is 32.2. The maximum absolute atomic E-state index is 12.1. The van der Waals surface area contributed by atoms with Crippen LogP contribution in [0, 0.1) is 0 Å². The number of benzene rings is 1. The van der Waals surface area contributed by atoms with E-state index in [2.05, 4.69) is 10.6 Å². The Morgan fingerprint density at radius 1 is 1.32 bits per heavy atom. The molecule has 0 heterocycles. The van der Waals surface area contributed by atoms with Crippen LogP contribution >= 0.6 is 11.8 Å². The van der Waals surface area contributed by atoms with E-state index in [1.54, 1.807) is 11.8 Å². The minimum atomic E-state index is -0.808. The summed E-state index contributed by atoms with van der Waals surface area (Å²) in [5.41, 5.74) is 1.07. The Bertz CT molecular complexity index is 588. The summed E-state index contributed by atoms with van der Waals surface area (Å²) in [6.45, 7) is 4.69. The van der Waals surface area contributed by atoms with Crippen molar-refractivity contribution in [1.82, 2.24) is 15.5 Å². The second kappa shape index (κ2) is 9.10. The van der Waals surface area contributed by atoms with E-state index in [1.807, 2.05) is 49.3 Å². The number of nitrogens with zero attached hydrogens (tertiary/aromatic N) is 1. The Kier molecular flexibility index (Phi) is 7.13. The van der Waals surface area contributed by atoms with Gasteiger partial charge in [0, 0.05) is 17.0 Å². The minimum Gasteiger partial charge on any atom is -0.480 e. The maximum Gasteiger partial charge on any atom is 0.317 e. The van der Waals surface area contributed by atoms with Gasteiger partial charge < -0.3 is 15.7 Å². The van der Waals surface area contributed by atoms with E-state index >= 15 is 0 Å². The van der Waals surface area contributed by atoms with Gasteiger partial charge in [-0.25, -0.2) is 4.79 Å². The van der Waals surface area contributed by atoms with Gasteiger partial charge >= 0.3 is 12.0 Å². The Morgan fingerprint density at radius 3 is 2.48 bits per heavy atom. The lowest BCUT2D eigenvalue weighted by atomic mass is 9.85. The number of likely N-dealkylation sites (N-methyl/N-ethyl adjacent to an activating group) is 1. The molecule has 2 amide bonds. The molecule has 0 saturated heterocycles. The minimum absolute atomic E-state index is 0.0587. The molecule has 2 rings (SSSR count). The van der Waals surface area contributed by atoms with Gasteiger partial charge in [-0.1, -0.05) is 19.1 Å². The summed E-state index contributed by atoms with van der Waals surface area (Å²) in [7, 11) is 0. The smallest absolute Gasteiger partial charge is 0.317 e. The van der Waals surface area contributed by atoms with Crippen LogP contribution in [0.1, 0.15) is 38.3 Å². The predicted molar refractivity (Wildman–Crippen MR) is 100.0 cm³/mol. The summed E-state index contributed by atoms with van der Waals surface area (Å²) in [6.07, 6.45) is 3.63. The number of carbonyl (C=O) groups is 2. The standard InChI is InChI=1S/C18H27N3O3S/c1-4-21(11-17(22)23)15-9-14(10-15)20-18(24)19-12(2)13-5-7-16(25-3)8-6-13/h5-8,12,14-15H,4,9-11H2,1-3H3,(H,22,23)(H2,19,20,24)/t12-,14?,15?/m1/s1. The summed E-state index contributed by atoms with van der Waals surface area (Å²) in [6, 6.07) is 8.27. The summed E-state index contributed by atoms with van der Waals surface area (Å²) < 4.78 is 0. The highest BCUT2D eigenvalue weighted by Crippen LogP contribution is 2.25. The lowest BCUT2D eigenvalue weighted by molar-refractivity contribution is -0.139. The number of urea groups is 1. The Balaban J connectivity index is 1.75. The molecule has 1 fully saturated rings. The number of carbonyl (C=O) groups excluding carboxylic acids is 1. The zero-order valence-corrected chi connectivity index (χ0v) is 15.8. The van der Waals surface area contributed by atoms with E-state index in [1.165, 1.54) is 4.90 Å². The Labute approximate surface area is 153 Å². The van der Waals surface area contributed by atoms with Crippen LogP contribution in [-0.2, 0) is 4.79 Å². The van der Waals surface area contributed by atoms with Gasteiger partial charge in [0.1, 0.15) is 0 Å². The molecule has 3 N–H and O–H groups in total. The van der Waals surface area contributed by atoms with E-state index in [0.29, 0.717) is 6.54 Å². The highest BCUT2D eigenvalue weighted by Gasteiger charge is 2.34. The fourth-order valence-electron chi connectivity index (χ4n) is 3.08. The zero-order chi connectivity index (χ0) is 18.4. The van der Waals surface area contributed by atoms with E-state index in [0.717, 1.165) is 18.4 Å². The summed E-state index contributed by atoms with van der Waals surface area (Å²) >= 11 is 1.69. The lowest BCUT2D eigenvalue weighted by Gasteiger charge is -2.42. The second-order valence-corrected chi connectivity index (χ2v) is 7.27. The van der Waals surface area contributed by atoms with Crippen molar-refractivity contribution in [3.05, 3.63) is 29.8 Å². The molecule has 138 valence electrons. The molecule has 1 saturated carbocycles. The van der Waals surface area contributed by atoms with Crippen molar-refractivity contribution in [2.45, 2.75) is 49.7 Å². The van der Waals surface area contributed by atoms with Crippen LogP contribution in [0.25, 0.3) is 0 Å². The van der Waals surface area contributed by atoms with Gasteiger partial charge in [0.05, 0.1) is 12.6 Å². The number of hydrogen-bond donors (Lipinski definition) is 3. The first-order valence-electron chi connectivity index (χ1n) is 8.59. The molecular weight excluding hydrogens is 338 g/mol. The molecule has 0 aromatic heterocycles. The predicted octanol–water partition coefficient (Wildman–Crippen LogP) is 2.71. The maximum atomic E-state index is 12.1. The molecule has 25 heavy (non-hydrogen) atoms. The lowest BCUT2D eigenvalue weighted by Crippen LogP contribution is -2.56. The molecule has 0 spiro atoms. The molecule has 0 aliphatic heterocycles. The van der Waals surface area contributed by atoms with Crippen LogP contribution in [0.4, 0.5) is 4.79 Å². The molecule has 6 nitrogen and oxygen atoms in total. The molecule has 0 radical (unpaired) electrons. The topological polar surface area (TPSA) is 81.7 Å². The number of nitrogens with one attached hydrogen (secondary N) is 2. The van der Waals surface area contributed by atoms with Gasteiger partial charge in [0.2, 0.25) is 0 Å². The van der Waals surface area contributed by atoms with E-state index in [-0.39, 0.29) is 30.7 Å². The third-order valence-corrected chi connectivity index (χ3v) is 5.42. The first-order chi connectivity index (χ1) is 11.9. The van der Waals surface area contributed by atoms with Crippen molar-refractivity contribution >= 4 is 23.8 Å². The number of hydrogen-bond acceptors (Lipinski definition) is 4. The number of rotatable bonds is 8. The van der Waals surface area contributed by atoms with Crippen molar-refractivity contribution in [2.24, 2.45) is 0 Å². The molecule has 0 bridgehead atoms. The van der Waals surface area contributed by atoms with Gasteiger partial charge in [0.15, 0.2) is 0 Å². The largest absolute Gasteiger partial charge is 0.480 e. The van der Waals surface area contributed by atoms with Crippen molar-refractivity contribution in [2.75, 3.05) is 19.3 Å². The average Bonchev–Trinajstić information content (AvgIpc) is 2.55. The molecule has 1 aromatic rings. The number of aliphatic carboxylic acids is 1. The number of amides is 2. The first kappa shape index (κ1) is 19.6. The third-order valence-electron chi connectivity index (χ3n) is 4.67. The van der Waals surface area contributed by atoms with Crippen molar-refractivity contribution in [3.63, 3.8) is 0 Å². The van der Waals surface area contributed by atoms with Crippen LogP contribution in [0.3, 0.4) is 0 Å². The van der Waals surface area contributed by atoms with E-state index < -0.39 is 5.97 Å². The first-order valence-corrected chi connectivity index (χ1v) is 9.82. The SMILES string of the molecule is CCN(CC(=O)O)C1CC(NC(=O)N[C@H](C)c2ccc(SC)cc2)C1. The molecular formula is C18H27N3O3S. The average molecular weight is 365 g/mol. The van der Waals surface area contributed by atoms with E-state index in [9.17, 15) is 9.59 Å². The quantitative estimate of drug-likeness (QED) is 0.617. The zero-order valence-electron chi connectivity index (χ0n) is 15.0. The molecule has 0 unspecified atom stereocenters. The van der Waals surface area contributed by atoms with Gasteiger partial charge in [-0.3, -0.25) is 9.69 Å². The van der Waals surface area contributed by atoms with Crippen molar-refractivity contribution < 1.29 is 14.7 Å². The number of thioether (sulfide) groups is 1. The van der Waals surface area contributed by atoms with Crippen molar-refractivity contribution in [3.8, 4) is 0 Å². The van der Waals surface area contributed by atoms with Gasteiger partial charge in [-0.2, -0.15) is 0 Å². The summed E-state index contributed by atoms with van der Waals surface area (Å²) in [5.74, 6) is -0.808. The van der Waals surface area contributed by atoms with Crippen LogP contribution in [-0.4, -0.2) is 53.4 Å². The fraction of sp³-hybridized carbons (Fsp3) is 0.556. The molecule has 1 aliphatic carbocycles. The molecule has 1 atom stereocenters. The molecule has 1 aromatic carbocycles. The van der Waals surface area contributed by atoms with E-state index in [4.69, 9.17) is 5.11 Å². The number of carboxylic acids is 1. The summed E-state index contributed by atoms with van der Waals surface area (Å²) in [5, 5.41) is 14.8. The molecule has 1 aliphatic rings. The fourth-order valence-corrected chi connectivity index (χ4v) is 3.48. The molecule has 7 heteroatoms. The normalized spacial score (nSPS) is 20.6. The third kappa shape index (κ3) is 5.64. The number of carboxylic acid groups (broad SMARTS) is 1. The Hall–Kier alpha value is -1.73. The highest BCUT2D eigenvalue weighted by molar-refractivity contribution is 7.98. The van der Waals surface area contributed by atoms with Gasteiger partial charge in [0.25, 0.3) is 0 Å². The van der Waals surface area contributed by atoms with Crippen molar-refractivity contribution in [1.29, 1.82) is 0 Å². The van der Waals surface area contributed by atoms with Crippen LogP contribution in [0.15, 0.2) is 29.2 Å². The van der Waals surface area contributed by atoms with Crippen LogP contribution < -0.4 is 10.6 Å². The second-order valence-electron chi connectivity index (χ2n) is 6.39. The monoisotopic (exact) mass is 365 g/mol. The van der Waals surface area contributed by atoms with Crippen LogP contribution in [0.2, 0.25) is 0 Å². The van der Waals surface area contributed by atoms with Crippen LogP contribution in [0.5, 0.6) is 0 Å². The van der Waals surface area contributed by atoms with Gasteiger partial charge in [-0.15, -0.1) is 11.8 Å². The van der Waals surface area contributed by atoms with Gasteiger partial charge in [-0.05, 0) is 50.3 Å².